The lowest BCUT2D eigenvalue weighted by Crippen LogP contribution is -3.00. The van der Waals surface area contributed by atoms with Gasteiger partial charge in [0.15, 0.2) is 6.54 Å². The minimum atomic E-state index is -0.170. The molecule has 0 saturated heterocycles. The van der Waals surface area contributed by atoms with E-state index in [-0.39, 0.29) is 18.4 Å². The summed E-state index contributed by atoms with van der Waals surface area (Å²) in [5.41, 5.74) is 2.19. The lowest BCUT2D eigenvalue weighted by atomic mass is 10.0. The number of quaternary nitrogens is 1. The average Bonchev–Trinajstić information content (AvgIpc) is 2.35. The number of benzene rings is 1. The summed E-state index contributed by atoms with van der Waals surface area (Å²) in [5, 5.41) is 0. The molecule has 132 valence electrons. The molecule has 4 nitrogen and oxygen atoms in total. The van der Waals surface area contributed by atoms with E-state index in [0.717, 1.165) is 24.2 Å². The molecule has 0 aliphatic rings. The number of aryl methyl sites for hydroxylation is 1. The van der Waals surface area contributed by atoms with Crippen molar-refractivity contribution in [3.8, 4) is 5.75 Å². The van der Waals surface area contributed by atoms with Crippen LogP contribution in [0, 0.1) is 6.92 Å². The van der Waals surface area contributed by atoms with Crippen LogP contribution in [0.1, 0.15) is 30.9 Å². The van der Waals surface area contributed by atoms with E-state index in [2.05, 4.69) is 45.0 Å². The Bertz CT molecular complexity index is 514. The molecule has 1 aromatic carbocycles. The van der Waals surface area contributed by atoms with Gasteiger partial charge < -0.3 is 26.5 Å². The average molecular weight is 343 g/mol. The first-order valence-electron chi connectivity index (χ1n) is 7.88. The third-order valence-electron chi connectivity index (χ3n) is 3.72. The number of halogens is 1. The van der Waals surface area contributed by atoms with Gasteiger partial charge >= 0.3 is 5.97 Å². The smallest absolute Gasteiger partial charge is 0.367 e. The normalized spacial score (nSPS) is 11.5. The summed E-state index contributed by atoms with van der Waals surface area (Å²) in [6.45, 7) is 8.46. The van der Waals surface area contributed by atoms with Gasteiger partial charge in [-0.3, -0.25) is 0 Å². The molecule has 0 aliphatic heterocycles. The van der Waals surface area contributed by atoms with Crippen LogP contribution in [-0.2, 0) is 4.79 Å². The van der Waals surface area contributed by atoms with Gasteiger partial charge in [0.2, 0.25) is 0 Å². The Morgan fingerprint density at radius 2 is 1.87 bits per heavy atom. The zero-order chi connectivity index (χ0) is 16.9. The monoisotopic (exact) mass is 342 g/mol. The predicted octanol–water partition coefficient (Wildman–Crippen LogP) is -0.334. The van der Waals surface area contributed by atoms with Crippen molar-refractivity contribution < 1.29 is 26.4 Å². The van der Waals surface area contributed by atoms with Crippen LogP contribution in [-0.4, -0.2) is 63.2 Å². The maximum absolute atomic E-state index is 12.3. The molecular formula is C18H31ClN2O2. The highest BCUT2D eigenvalue weighted by atomic mass is 35.5. The van der Waals surface area contributed by atoms with E-state index in [9.17, 15) is 4.79 Å². The number of esters is 1. The fourth-order valence-corrected chi connectivity index (χ4v) is 2.26. The fraction of sp³-hybridized carbons (Fsp3) is 0.611. The lowest BCUT2D eigenvalue weighted by molar-refractivity contribution is -0.882. The second-order valence-corrected chi connectivity index (χ2v) is 7.29. The summed E-state index contributed by atoms with van der Waals surface area (Å²) < 4.78 is 6.29. The van der Waals surface area contributed by atoms with E-state index in [1.807, 2.05) is 27.1 Å². The van der Waals surface area contributed by atoms with Crippen molar-refractivity contribution >= 4 is 5.97 Å². The molecule has 0 fully saturated rings. The fourth-order valence-electron chi connectivity index (χ4n) is 2.26. The molecule has 0 saturated carbocycles. The zero-order valence-electron chi connectivity index (χ0n) is 15.5. The number of carbonyl (C=O) groups excluding carboxylic acids is 1. The summed E-state index contributed by atoms with van der Waals surface area (Å²) in [6, 6.07) is 6.06. The van der Waals surface area contributed by atoms with Crippen molar-refractivity contribution in [3.05, 3.63) is 29.3 Å². The van der Waals surface area contributed by atoms with Crippen LogP contribution in [0.15, 0.2) is 18.2 Å². The molecule has 23 heavy (non-hydrogen) atoms. The summed E-state index contributed by atoms with van der Waals surface area (Å²) in [4.78, 5) is 14.4. The minimum absolute atomic E-state index is 0. The molecule has 0 radical (unpaired) electrons. The molecule has 0 spiro atoms. The summed E-state index contributed by atoms with van der Waals surface area (Å²) >= 11 is 0. The highest BCUT2D eigenvalue weighted by molar-refractivity contribution is 5.74. The maximum Gasteiger partial charge on any atom is 0.367 e. The Labute approximate surface area is 147 Å². The van der Waals surface area contributed by atoms with Crippen LogP contribution in [0.5, 0.6) is 5.75 Å². The zero-order valence-corrected chi connectivity index (χ0v) is 16.3. The molecule has 0 heterocycles. The van der Waals surface area contributed by atoms with E-state index in [1.165, 1.54) is 0 Å². The van der Waals surface area contributed by atoms with Gasteiger partial charge in [-0.15, -0.1) is 0 Å². The largest absolute Gasteiger partial charge is 1.00 e. The van der Waals surface area contributed by atoms with Gasteiger partial charge in [-0.2, -0.15) is 0 Å². The van der Waals surface area contributed by atoms with Gasteiger partial charge in [0, 0.05) is 6.54 Å². The summed E-state index contributed by atoms with van der Waals surface area (Å²) in [7, 11) is 8.20. The van der Waals surface area contributed by atoms with E-state index in [4.69, 9.17) is 4.74 Å². The second-order valence-electron chi connectivity index (χ2n) is 7.29. The predicted molar refractivity (Wildman–Crippen MR) is 91.3 cm³/mol. The summed E-state index contributed by atoms with van der Waals surface area (Å²) in [5.74, 6) is 0.864. The van der Waals surface area contributed by atoms with Crippen LogP contribution in [0.2, 0.25) is 0 Å². The summed E-state index contributed by atoms with van der Waals surface area (Å²) in [6.07, 6.45) is 0. The maximum atomic E-state index is 12.3. The third-order valence-corrected chi connectivity index (χ3v) is 3.72. The van der Waals surface area contributed by atoms with Crippen molar-refractivity contribution in [2.24, 2.45) is 0 Å². The quantitative estimate of drug-likeness (QED) is 0.386. The molecule has 0 bridgehead atoms. The molecule has 0 amide bonds. The number of ether oxygens (including phenoxy) is 1. The molecule has 1 aromatic rings. The van der Waals surface area contributed by atoms with Crippen molar-refractivity contribution in [3.63, 3.8) is 0 Å². The molecule has 0 atom stereocenters. The van der Waals surface area contributed by atoms with E-state index in [0.29, 0.717) is 22.7 Å². The molecule has 0 aromatic heterocycles. The second kappa shape index (κ2) is 9.26. The Morgan fingerprint density at radius 1 is 1.26 bits per heavy atom. The van der Waals surface area contributed by atoms with Crippen molar-refractivity contribution in [1.82, 2.24) is 4.90 Å². The van der Waals surface area contributed by atoms with Crippen molar-refractivity contribution in [1.29, 1.82) is 0 Å². The Balaban J connectivity index is 0.00000484. The van der Waals surface area contributed by atoms with Gasteiger partial charge in [0.25, 0.3) is 0 Å². The molecule has 0 aliphatic carbocycles. The molecule has 5 heteroatoms. The van der Waals surface area contributed by atoms with Crippen LogP contribution >= 0.6 is 0 Å². The van der Waals surface area contributed by atoms with E-state index >= 15 is 0 Å². The first-order valence-corrected chi connectivity index (χ1v) is 7.88. The molecule has 0 N–H and O–H groups in total. The Morgan fingerprint density at radius 3 is 2.39 bits per heavy atom. The van der Waals surface area contributed by atoms with Gasteiger partial charge in [-0.25, -0.2) is 4.79 Å². The molecule has 1 rings (SSSR count). The number of nitrogens with zero attached hydrogens (tertiary/aromatic N) is 2. The van der Waals surface area contributed by atoms with Gasteiger partial charge in [-0.1, -0.05) is 26.0 Å². The van der Waals surface area contributed by atoms with Gasteiger partial charge in [-0.05, 0) is 44.1 Å². The number of hydrogen-bond donors (Lipinski definition) is 0. The van der Waals surface area contributed by atoms with E-state index in [1.54, 1.807) is 0 Å². The number of hydrogen-bond acceptors (Lipinski definition) is 3. The number of likely N-dealkylation sites (N-methyl/N-ethyl adjacent to an activating group) is 2. The van der Waals surface area contributed by atoms with Crippen LogP contribution < -0.4 is 17.1 Å². The highest BCUT2D eigenvalue weighted by Crippen LogP contribution is 2.27. The molecular weight excluding hydrogens is 312 g/mol. The van der Waals surface area contributed by atoms with E-state index < -0.39 is 0 Å². The number of carbonyl (C=O) groups is 1. The molecule has 0 unspecified atom stereocenters. The first-order chi connectivity index (χ1) is 10.1. The third kappa shape index (κ3) is 7.82. The topological polar surface area (TPSA) is 29.5 Å². The first kappa shape index (κ1) is 21.9. The minimum Gasteiger partial charge on any atom is -1.00 e. The van der Waals surface area contributed by atoms with Crippen molar-refractivity contribution in [2.45, 2.75) is 26.7 Å². The van der Waals surface area contributed by atoms with Crippen molar-refractivity contribution in [2.75, 3.05) is 47.8 Å². The SMILES string of the molecule is Cc1ccc(C(C)C)c(OC(=O)C[N+](C)(C)CCN(C)C)c1.[Cl-]. The van der Waals surface area contributed by atoms with Crippen LogP contribution in [0.4, 0.5) is 0 Å². The van der Waals surface area contributed by atoms with Crippen LogP contribution in [0.3, 0.4) is 0 Å². The standard InChI is InChI=1S/C18H31N2O2.ClH/c1-14(2)16-9-8-15(3)12-17(16)22-18(21)13-20(6,7)11-10-19(4)5;/h8-9,12,14H,10-11,13H2,1-7H3;1H/q+1;/p-1. The Kier molecular flexibility index (Phi) is 8.82. The lowest BCUT2D eigenvalue weighted by Gasteiger charge is -2.29. The van der Waals surface area contributed by atoms with Gasteiger partial charge in [0.05, 0.1) is 20.6 Å². The van der Waals surface area contributed by atoms with Gasteiger partial charge in [0.1, 0.15) is 5.75 Å². The number of rotatable bonds is 7. The van der Waals surface area contributed by atoms with Crippen LogP contribution in [0.25, 0.3) is 0 Å². The Hall–Kier alpha value is -1.10. The highest BCUT2D eigenvalue weighted by Gasteiger charge is 2.22.